The van der Waals surface area contributed by atoms with Crippen LogP contribution in [0.5, 0.6) is 0 Å². The molecule has 1 aliphatic rings. The molecule has 0 fully saturated rings. The van der Waals surface area contributed by atoms with Crippen molar-refractivity contribution in [3.05, 3.63) is 193 Å². The van der Waals surface area contributed by atoms with E-state index in [1.807, 2.05) is 0 Å². The van der Waals surface area contributed by atoms with Crippen LogP contribution < -0.4 is 9.80 Å². The molecule has 0 unspecified atom stereocenters. The van der Waals surface area contributed by atoms with Gasteiger partial charge in [0, 0.05) is 34.9 Å². The van der Waals surface area contributed by atoms with Gasteiger partial charge in [-0.2, -0.15) is 0 Å². The normalized spacial score (nSPS) is 13.4. The zero-order valence-electron chi connectivity index (χ0n) is 24.6. The van der Waals surface area contributed by atoms with Crippen LogP contribution in [0.4, 0.5) is 23.0 Å². The van der Waals surface area contributed by atoms with E-state index in [1.54, 1.807) is 12.4 Å². The average Bonchev–Trinajstić information content (AvgIpc) is 3.45. The lowest BCUT2D eigenvalue weighted by Crippen LogP contribution is -2.52. The van der Waals surface area contributed by atoms with Gasteiger partial charge in [0.25, 0.3) is 0 Å². The van der Waals surface area contributed by atoms with Crippen LogP contribution in [-0.2, 0) is 5.66 Å². The van der Waals surface area contributed by atoms with E-state index in [9.17, 15) is 0 Å². The molecule has 0 saturated heterocycles. The van der Waals surface area contributed by atoms with Crippen LogP contribution >= 0.6 is 0 Å². The lowest BCUT2D eigenvalue weighted by atomic mass is 9.87. The third-order valence-corrected chi connectivity index (χ3v) is 8.51. The predicted octanol–water partition coefficient (Wildman–Crippen LogP) is 10.0. The molecule has 6 aromatic carbocycles. The summed E-state index contributed by atoms with van der Waals surface area (Å²) in [5.41, 5.74) is 8.00. The Bertz CT molecular complexity index is 1910. The summed E-state index contributed by atoms with van der Waals surface area (Å²) >= 11 is 0. The van der Waals surface area contributed by atoms with Crippen molar-refractivity contribution in [2.45, 2.75) is 5.66 Å². The largest absolute Gasteiger partial charge is 0.291 e. The molecule has 0 aliphatic carbocycles. The first-order valence-electron chi connectivity index (χ1n) is 15.2. The van der Waals surface area contributed by atoms with E-state index < -0.39 is 5.66 Å². The Morgan fingerprint density at radius 2 is 0.711 bits per heavy atom. The summed E-state index contributed by atoms with van der Waals surface area (Å²) < 4.78 is 0. The predicted molar refractivity (Wildman–Crippen MR) is 184 cm³/mol. The Kier molecular flexibility index (Phi) is 6.65. The minimum absolute atomic E-state index is 0.792. The van der Waals surface area contributed by atoms with Crippen LogP contribution in [0.1, 0.15) is 11.1 Å². The van der Waals surface area contributed by atoms with Crippen LogP contribution in [0.25, 0.3) is 22.3 Å². The smallest absolute Gasteiger partial charge is 0.179 e. The number of hydrogen-bond donors (Lipinski definition) is 0. The van der Waals surface area contributed by atoms with Gasteiger partial charge < -0.3 is 0 Å². The van der Waals surface area contributed by atoms with Gasteiger partial charge in [0.05, 0.1) is 0 Å². The molecule has 0 radical (unpaired) electrons. The molecule has 0 amide bonds. The summed E-state index contributed by atoms with van der Waals surface area (Å²) in [7, 11) is 0. The fraction of sp³-hybridized carbons (Fsp3) is 0.0244. The van der Waals surface area contributed by atoms with Gasteiger partial charge in [-0.15, -0.1) is 0 Å². The molecule has 45 heavy (non-hydrogen) atoms. The second-order valence-electron chi connectivity index (χ2n) is 11.1. The van der Waals surface area contributed by atoms with Crippen LogP contribution in [0.3, 0.4) is 0 Å². The van der Waals surface area contributed by atoms with Gasteiger partial charge in [-0.3, -0.25) is 9.80 Å². The van der Waals surface area contributed by atoms with Crippen LogP contribution in [-0.4, -0.2) is 9.97 Å². The monoisotopic (exact) mass is 578 g/mol. The average molecular weight is 579 g/mol. The highest BCUT2D eigenvalue weighted by atomic mass is 15.5. The Morgan fingerprint density at radius 1 is 0.356 bits per heavy atom. The molecule has 8 rings (SSSR count). The first-order valence-corrected chi connectivity index (χ1v) is 15.2. The molecule has 2 heterocycles. The summed E-state index contributed by atoms with van der Waals surface area (Å²) in [6, 6.07) is 59.9. The number of aromatic nitrogens is 2. The highest BCUT2D eigenvalue weighted by molar-refractivity contribution is 5.90. The van der Waals surface area contributed by atoms with E-state index in [1.165, 1.54) is 0 Å². The molecule has 7 aromatic rings. The summed E-state index contributed by atoms with van der Waals surface area (Å²) in [4.78, 5) is 14.8. The van der Waals surface area contributed by atoms with Crippen molar-refractivity contribution in [1.82, 2.24) is 9.97 Å². The molecular formula is C41H30N4. The Hall–Kier alpha value is -6.00. The fourth-order valence-corrected chi connectivity index (χ4v) is 6.60. The highest BCUT2D eigenvalue weighted by Crippen LogP contribution is 2.58. The SMILES string of the molecule is c1ccc(-c2cccc(N3c4nccnc4N(c4cccc(-c5ccccc5)c4)C3(c3ccccc3)c3ccccc3)c2)cc1. The van der Waals surface area contributed by atoms with E-state index in [4.69, 9.17) is 9.97 Å². The minimum atomic E-state index is -0.850. The first kappa shape index (κ1) is 26.6. The molecular weight excluding hydrogens is 548 g/mol. The van der Waals surface area contributed by atoms with E-state index in [0.717, 1.165) is 56.4 Å². The van der Waals surface area contributed by atoms with Crippen molar-refractivity contribution in [1.29, 1.82) is 0 Å². The van der Waals surface area contributed by atoms with E-state index in [2.05, 4.69) is 180 Å². The van der Waals surface area contributed by atoms with Gasteiger partial charge in [0.1, 0.15) is 0 Å². The molecule has 4 heteroatoms. The Morgan fingerprint density at radius 3 is 1.11 bits per heavy atom. The standard InChI is InChI=1S/C41H30N4/c1-5-15-31(16-6-1)33-19-13-25-37(29-33)44-39-40(43-28-27-42-39)45(38-26-14-20-34(30-38)32-17-7-2-8-18-32)41(44,35-21-9-3-10-22-35)36-23-11-4-12-24-36/h1-30H. The molecule has 0 bridgehead atoms. The third kappa shape index (κ3) is 4.47. The maximum Gasteiger partial charge on any atom is 0.179 e. The highest BCUT2D eigenvalue weighted by Gasteiger charge is 2.55. The van der Waals surface area contributed by atoms with Gasteiger partial charge in [-0.05, 0) is 46.5 Å². The maximum atomic E-state index is 5.04. The minimum Gasteiger partial charge on any atom is -0.291 e. The third-order valence-electron chi connectivity index (χ3n) is 8.51. The molecule has 4 nitrogen and oxygen atoms in total. The molecule has 214 valence electrons. The molecule has 0 saturated carbocycles. The second-order valence-corrected chi connectivity index (χ2v) is 11.1. The van der Waals surface area contributed by atoms with Gasteiger partial charge in [-0.25, -0.2) is 9.97 Å². The number of benzene rings is 6. The van der Waals surface area contributed by atoms with Gasteiger partial charge in [0.2, 0.25) is 0 Å². The van der Waals surface area contributed by atoms with Crippen LogP contribution in [0, 0.1) is 0 Å². The fourth-order valence-electron chi connectivity index (χ4n) is 6.60. The van der Waals surface area contributed by atoms with Gasteiger partial charge >= 0.3 is 0 Å². The zero-order valence-corrected chi connectivity index (χ0v) is 24.6. The Labute approximate surface area is 263 Å². The quantitative estimate of drug-likeness (QED) is 0.197. The van der Waals surface area contributed by atoms with Crippen molar-refractivity contribution in [3.8, 4) is 22.3 Å². The van der Waals surface area contributed by atoms with E-state index >= 15 is 0 Å². The van der Waals surface area contributed by atoms with Crippen molar-refractivity contribution < 1.29 is 0 Å². The molecule has 0 spiro atoms. The van der Waals surface area contributed by atoms with Crippen molar-refractivity contribution in [3.63, 3.8) is 0 Å². The maximum absolute atomic E-state index is 5.04. The number of fused-ring (bicyclic) bond motifs is 1. The van der Waals surface area contributed by atoms with Crippen LogP contribution in [0.2, 0.25) is 0 Å². The number of rotatable bonds is 6. The molecule has 0 N–H and O–H groups in total. The summed E-state index contributed by atoms with van der Waals surface area (Å²) in [5, 5.41) is 0. The lowest BCUT2D eigenvalue weighted by Gasteiger charge is -2.46. The van der Waals surface area contributed by atoms with Crippen molar-refractivity contribution in [2.75, 3.05) is 9.80 Å². The number of anilines is 4. The second kappa shape index (κ2) is 11.3. The summed E-state index contributed by atoms with van der Waals surface area (Å²) in [6.45, 7) is 0. The lowest BCUT2D eigenvalue weighted by molar-refractivity contribution is 0.556. The van der Waals surface area contributed by atoms with Crippen molar-refractivity contribution >= 4 is 23.0 Å². The molecule has 1 aliphatic heterocycles. The zero-order chi connectivity index (χ0) is 30.1. The Balaban J connectivity index is 1.45. The van der Waals surface area contributed by atoms with Crippen molar-refractivity contribution in [2.24, 2.45) is 0 Å². The molecule has 0 atom stereocenters. The van der Waals surface area contributed by atoms with Gasteiger partial charge in [-0.1, -0.05) is 146 Å². The van der Waals surface area contributed by atoms with Gasteiger partial charge in [0.15, 0.2) is 17.3 Å². The number of nitrogens with zero attached hydrogens (tertiary/aromatic N) is 4. The molecule has 1 aromatic heterocycles. The number of hydrogen-bond acceptors (Lipinski definition) is 4. The summed E-state index contributed by atoms with van der Waals surface area (Å²) in [6.07, 6.45) is 3.58. The topological polar surface area (TPSA) is 32.3 Å². The summed E-state index contributed by atoms with van der Waals surface area (Å²) in [5.74, 6) is 1.58. The van der Waals surface area contributed by atoms with E-state index in [-0.39, 0.29) is 0 Å². The van der Waals surface area contributed by atoms with E-state index in [0.29, 0.717) is 0 Å². The first-order chi connectivity index (χ1) is 22.3. The van der Waals surface area contributed by atoms with Crippen LogP contribution in [0.15, 0.2) is 182 Å².